The third-order valence-corrected chi connectivity index (χ3v) is 5.42. The first-order valence-electron chi connectivity index (χ1n) is 6.19. The van der Waals surface area contributed by atoms with Gasteiger partial charge in [0.25, 0.3) is 0 Å². The van der Waals surface area contributed by atoms with Crippen LogP contribution < -0.4 is 0 Å². The summed E-state index contributed by atoms with van der Waals surface area (Å²) < 4.78 is 25.6. The zero-order valence-corrected chi connectivity index (χ0v) is 12.8. The molecule has 0 radical (unpaired) electrons. The molecule has 0 aliphatic rings. The van der Waals surface area contributed by atoms with Crippen LogP contribution in [0.5, 0.6) is 5.75 Å². The summed E-state index contributed by atoms with van der Waals surface area (Å²) in [6.07, 6.45) is 1.23. The fourth-order valence-electron chi connectivity index (χ4n) is 1.80. The van der Waals surface area contributed by atoms with Crippen LogP contribution in [0, 0.1) is 0 Å². The van der Waals surface area contributed by atoms with Crippen LogP contribution in [0.4, 0.5) is 0 Å². The Labute approximate surface area is 120 Å². The Hall–Kier alpha value is -0.780. The van der Waals surface area contributed by atoms with Gasteiger partial charge in [0, 0.05) is 18.5 Å². The van der Waals surface area contributed by atoms with Crippen LogP contribution in [0.1, 0.15) is 31.4 Å². The second-order valence-electron chi connectivity index (χ2n) is 4.46. The third kappa shape index (κ3) is 4.37. The molecule has 0 spiro atoms. The molecule has 1 aromatic carbocycles. The number of aromatic hydroxyl groups is 1. The van der Waals surface area contributed by atoms with Crippen molar-refractivity contribution in [2.45, 2.75) is 25.8 Å². The van der Waals surface area contributed by atoms with Gasteiger partial charge in [0.2, 0.25) is 10.0 Å². The lowest BCUT2D eigenvalue weighted by atomic mass is 10.1. The largest absolute Gasteiger partial charge is 0.508 e. The number of sulfonamides is 1. The molecule has 0 aromatic heterocycles. The zero-order valence-electron chi connectivity index (χ0n) is 11.2. The summed E-state index contributed by atoms with van der Waals surface area (Å²) in [6.45, 7) is 1.76. The van der Waals surface area contributed by atoms with Crippen molar-refractivity contribution in [3.8, 4) is 5.75 Å². The number of alkyl halides is 1. The molecule has 0 saturated heterocycles. The third-order valence-electron chi connectivity index (χ3n) is 3.16. The van der Waals surface area contributed by atoms with Crippen molar-refractivity contribution >= 4 is 21.6 Å². The fourth-order valence-corrected chi connectivity index (χ4v) is 3.44. The summed E-state index contributed by atoms with van der Waals surface area (Å²) in [5.41, 5.74) is 0.603. The van der Waals surface area contributed by atoms with Gasteiger partial charge in [-0.15, -0.1) is 11.6 Å². The lowest BCUT2D eigenvalue weighted by Crippen LogP contribution is -2.31. The molecule has 1 N–H and O–H groups in total. The van der Waals surface area contributed by atoms with Crippen molar-refractivity contribution in [2.24, 2.45) is 0 Å². The van der Waals surface area contributed by atoms with Crippen LogP contribution in [0.15, 0.2) is 24.3 Å². The molecule has 0 saturated carbocycles. The molecule has 1 atom stereocenters. The number of hydrogen-bond acceptors (Lipinski definition) is 3. The molecule has 1 rings (SSSR count). The van der Waals surface area contributed by atoms with E-state index < -0.39 is 16.1 Å². The minimum Gasteiger partial charge on any atom is -0.508 e. The second-order valence-corrected chi connectivity index (χ2v) is 6.99. The molecule has 6 heteroatoms. The lowest BCUT2D eigenvalue weighted by Gasteiger charge is -2.25. The molecule has 0 fully saturated rings. The molecule has 4 nitrogen and oxygen atoms in total. The molecule has 1 unspecified atom stereocenters. The maximum absolute atomic E-state index is 12.1. The van der Waals surface area contributed by atoms with Gasteiger partial charge in [0.05, 0.1) is 11.8 Å². The van der Waals surface area contributed by atoms with E-state index in [2.05, 4.69) is 0 Å². The predicted octanol–water partition coefficient (Wildman–Crippen LogP) is 2.73. The van der Waals surface area contributed by atoms with Gasteiger partial charge in [-0.25, -0.2) is 8.42 Å². The number of phenolic OH excluding ortho intramolecular Hbond substituents is 1. The Bertz CT molecular complexity index is 504. The Balaban J connectivity index is 2.82. The Kier molecular flexibility index (Phi) is 6.10. The van der Waals surface area contributed by atoms with Crippen LogP contribution in [0.25, 0.3) is 0 Å². The maximum atomic E-state index is 12.1. The average Bonchev–Trinajstić information content (AvgIpc) is 2.38. The molecule has 0 aliphatic heterocycles. The van der Waals surface area contributed by atoms with Crippen molar-refractivity contribution < 1.29 is 13.5 Å². The highest BCUT2D eigenvalue weighted by molar-refractivity contribution is 7.89. The summed E-state index contributed by atoms with van der Waals surface area (Å²) in [5.74, 6) is 0.653. The van der Waals surface area contributed by atoms with Crippen LogP contribution >= 0.6 is 11.6 Å². The molecular weight excluding hydrogens is 286 g/mol. The smallest absolute Gasteiger partial charge is 0.214 e. The van der Waals surface area contributed by atoms with E-state index in [1.54, 1.807) is 31.2 Å². The minimum atomic E-state index is -3.33. The molecule has 108 valence electrons. The van der Waals surface area contributed by atoms with Gasteiger partial charge in [-0.1, -0.05) is 18.2 Å². The van der Waals surface area contributed by atoms with Crippen molar-refractivity contribution in [1.29, 1.82) is 0 Å². The van der Waals surface area contributed by atoms with Crippen molar-refractivity contribution in [3.63, 3.8) is 0 Å². The SMILES string of the molecule is CC(c1ccccc1O)N(C)S(=O)(=O)CCCCCl. The topological polar surface area (TPSA) is 57.6 Å². The predicted molar refractivity (Wildman–Crippen MR) is 78.0 cm³/mol. The number of nitrogens with zero attached hydrogens (tertiary/aromatic N) is 1. The van der Waals surface area contributed by atoms with Crippen molar-refractivity contribution in [3.05, 3.63) is 29.8 Å². The molecule has 19 heavy (non-hydrogen) atoms. The van der Waals surface area contributed by atoms with Gasteiger partial charge in [0.1, 0.15) is 5.75 Å². The molecule has 0 bridgehead atoms. The first-order chi connectivity index (χ1) is 8.90. The van der Waals surface area contributed by atoms with Gasteiger partial charge in [-0.2, -0.15) is 4.31 Å². The lowest BCUT2D eigenvalue weighted by molar-refractivity contribution is 0.380. The minimum absolute atomic E-state index is 0.0775. The van der Waals surface area contributed by atoms with Gasteiger partial charge in [-0.05, 0) is 25.8 Å². The maximum Gasteiger partial charge on any atom is 0.214 e. The van der Waals surface area contributed by atoms with E-state index in [0.29, 0.717) is 24.3 Å². The monoisotopic (exact) mass is 305 g/mol. The summed E-state index contributed by atoms with van der Waals surface area (Å²) in [6, 6.07) is 6.37. The number of para-hydroxylation sites is 1. The fraction of sp³-hybridized carbons (Fsp3) is 0.538. The highest BCUT2D eigenvalue weighted by atomic mass is 35.5. The van der Waals surface area contributed by atoms with Gasteiger partial charge in [-0.3, -0.25) is 0 Å². The summed E-state index contributed by atoms with van der Waals surface area (Å²) in [4.78, 5) is 0. The number of rotatable bonds is 7. The Morgan fingerprint density at radius 3 is 2.53 bits per heavy atom. The van der Waals surface area contributed by atoms with E-state index >= 15 is 0 Å². The number of benzene rings is 1. The van der Waals surface area contributed by atoms with E-state index in [1.807, 2.05) is 0 Å². The van der Waals surface area contributed by atoms with Crippen LogP contribution in [-0.4, -0.2) is 36.5 Å². The van der Waals surface area contributed by atoms with E-state index in [1.165, 1.54) is 11.4 Å². The number of unbranched alkanes of at least 4 members (excludes halogenated alkanes) is 1. The number of halogens is 1. The Morgan fingerprint density at radius 1 is 1.32 bits per heavy atom. The summed E-state index contributed by atoms with van der Waals surface area (Å²) in [7, 11) is -1.80. The average molecular weight is 306 g/mol. The van der Waals surface area contributed by atoms with Crippen molar-refractivity contribution in [2.75, 3.05) is 18.7 Å². The number of hydrogen-bond donors (Lipinski definition) is 1. The quantitative estimate of drug-likeness (QED) is 0.622. The molecule has 0 amide bonds. The van der Waals surface area contributed by atoms with Crippen LogP contribution in [0.3, 0.4) is 0 Å². The summed E-state index contributed by atoms with van der Waals surface area (Å²) in [5, 5.41) is 9.77. The number of phenols is 1. The van der Waals surface area contributed by atoms with E-state index in [4.69, 9.17) is 11.6 Å². The molecular formula is C13H20ClNO3S. The van der Waals surface area contributed by atoms with E-state index in [0.717, 1.165) is 0 Å². The first-order valence-corrected chi connectivity index (χ1v) is 8.34. The van der Waals surface area contributed by atoms with E-state index in [-0.39, 0.29) is 11.5 Å². The van der Waals surface area contributed by atoms with E-state index in [9.17, 15) is 13.5 Å². The Morgan fingerprint density at radius 2 is 1.95 bits per heavy atom. The highest BCUT2D eigenvalue weighted by Gasteiger charge is 2.25. The standard InChI is InChI=1S/C13H20ClNO3S/c1-11(12-7-3-4-8-13(12)16)15(2)19(17,18)10-6-5-9-14/h3-4,7-8,11,16H,5-6,9-10H2,1-2H3. The molecule has 0 aliphatic carbocycles. The van der Waals surface area contributed by atoms with Crippen molar-refractivity contribution in [1.82, 2.24) is 4.31 Å². The summed E-state index contributed by atoms with van der Waals surface area (Å²) >= 11 is 5.55. The van der Waals surface area contributed by atoms with Crippen LogP contribution in [0.2, 0.25) is 0 Å². The first kappa shape index (κ1) is 16.3. The van der Waals surface area contributed by atoms with Gasteiger partial charge >= 0.3 is 0 Å². The second kappa shape index (κ2) is 7.12. The molecule has 0 heterocycles. The zero-order chi connectivity index (χ0) is 14.5. The highest BCUT2D eigenvalue weighted by Crippen LogP contribution is 2.28. The normalized spacial score (nSPS) is 13.7. The molecule has 1 aromatic rings. The van der Waals surface area contributed by atoms with Gasteiger partial charge in [0.15, 0.2) is 0 Å². The van der Waals surface area contributed by atoms with Crippen LogP contribution in [-0.2, 0) is 10.0 Å². The van der Waals surface area contributed by atoms with Gasteiger partial charge < -0.3 is 5.11 Å².